The summed E-state index contributed by atoms with van der Waals surface area (Å²) in [6, 6.07) is 4.81. The third kappa shape index (κ3) is 4.74. The summed E-state index contributed by atoms with van der Waals surface area (Å²) in [6.07, 6.45) is -3.54. The Morgan fingerprint density at radius 3 is 2.11 bits per heavy atom. The fourth-order valence-electron chi connectivity index (χ4n) is 1.62. The van der Waals surface area contributed by atoms with Gasteiger partial charge in [0.1, 0.15) is 11.4 Å². The molecule has 1 unspecified atom stereocenters. The van der Waals surface area contributed by atoms with Crippen molar-refractivity contribution in [3.63, 3.8) is 0 Å². The van der Waals surface area contributed by atoms with Crippen LogP contribution in [0.15, 0.2) is 24.3 Å². The van der Waals surface area contributed by atoms with Crippen molar-refractivity contribution in [1.82, 2.24) is 5.32 Å². The van der Waals surface area contributed by atoms with Crippen LogP contribution in [0.4, 0.5) is 13.2 Å². The third-order valence-corrected chi connectivity index (χ3v) is 3.04. The van der Waals surface area contributed by atoms with E-state index in [-0.39, 0.29) is 0 Å². The first-order valence-electron chi connectivity index (χ1n) is 6.37. The first-order chi connectivity index (χ1) is 8.80. The fraction of sp³-hybridized carbons (Fsp3) is 0.571. The second-order valence-corrected chi connectivity index (χ2v) is 4.71. The van der Waals surface area contributed by atoms with Gasteiger partial charge in [-0.25, -0.2) is 0 Å². The Balaban J connectivity index is 2.76. The van der Waals surface area contributed by atoms with Gasteiger partial charge in [0.25, 0.3) is 0 Å². The molecule has 1 aromatic rings. The van der Waals surface area contributed by atoms with Crippen molar-refractivity contribution in [2.75, 3.05) is 13.1 Å². The molecule has 0 spiro atoms. The molecule has 0 aliphatic rings. The molecule has 0 amide bonds. The van der Waals surface area contributed by atoms with Crippen LogP contribution in [0.1, 0.15) is 32.8 Å². The predicted octanol–water partition coefficient (Wildman–Crippen LogP) is 3.86. The number of halogens is 3. The normalized spacial score (nSPS) is 15.1. The Morgan fingerprint density at radius 1 is 1.11 bits per heavy atom. The maximum absolute atomic E-state index is 12.4. The van der Waals surface area contributed by atoms with Crippen LogP contribution < -0.4 is 10.1 Å². The van der Waals surface area contributed by atoms with Crippen LogP contribution in [-0.4, -0.2) is 18.7 Å². The molecule has 0 aromatic heterocycles. The Morgan fingerprint density at radius 2 is 1.68 bits per heavy atom. The molecule has 0 heterocycles. The summed E-state index contributed by atoms with van der Waals surface area (Å²) >= 11 is 0. The van der Waals surface area contributed by atoms with Crippen molar-refractivity contribution in [3.05, 3.63) is 29.8 Å². The molecule has 19 heavy (non-hydrogen) atoms. The van der Waals surface area contributed by atoms with Crippen molar-refractivity contribution in [2.24, 2.45) is 0 Å². The summed E-state index contributed by atoms with van der Waals surface area (Å²) in [5.74, 6) is 0.454. The van der Waals surface area contributed by atoms with E-state index in [1.165, 1.54) is 12.1 Å². The molecule has 1 atom stereocenters. The molecule has 1 aromatic carbocycles. The molecule has 1 rings (SSSR count). The van der Waals surface area contributed by atoms with E-state index in [2.05, 4.69) is 5.32 Å². The summed E-state index contributed by atoms with van der Waals surface area (Å²) < 4.78 is 43.1. The highest BCUT2D eigenvalue weighted by Gasteiger charge is 2.30. The van der Waals surface area contributed by atoms with Crippen LogP contribution >= 0.6 is 0 Å². The van der Waals surface area contributed by atoms with Gasteiger partial charge in [-0.3, -0.25) is 0 Å². The van der Waals surface area contributed by atoms with E-state index in [4.69, 9.17) is 4.74 Å². The molecule has 0 aliphatic heterocycles. The van der Waals surface area contributed by atoms with Gasteiger partial charge in [-0.15, -0.1) is 0 Å². The molecular formula is C14H20F3NO. The maximum atomic E-state index is 12.4. The first-order valence-corrected chi connectivity index (χ1v) is 6.37. The Hall–Kier alpha value is -1.23. The van der Waals surface area contributed by atoms with Crippen LogP contribution in [0.25, 0.3) is 0 Å². The first kappa shape index (κ1) is 15.8. The second kappa shape index (κ2) is 6.28. The quantitative estimate of drug-likeness (QED) is 0.851. The average molecular weight is 275 g/mol. The Kier molecular flexibility index (Phi) is 5.23. The zero-order valence-electron chi connectivity index (χ0n) is 11.5. The second-order valence-electron chi connectivity index (χ2n) is 4.71. The van der Waals surface area contributed by atoms with Crippen molar-refractivity contribution >= 4 is 0 Å². The standard InChI is InChI=1S/C14H20F3NO/c1-4-13(3,10-18-5-2)19-12-8-6-11(7-9-12)14(15,16)17/h6-9,18H,4-5,10H2,1-3H3. The summed E-state index contributed by atoms with van der Waals surface area (Å²) in [7, 11) is 0. The maximum Gasteiger partial charge on any atom is 0.416 e. The van der Waals surface area contributed by atoms with Crippen LogP contribution in [0.5, 0.6) is 5.75 Å². The molecule has 108 valence electrons. The van der Waals surface area contributed by atoms with Crippen LogP contribution in [-0.2, 0) is 6.18 Å². The highest BCUT2D eigenvalue weighted by atomic mass is 19.4. The lowest BCUT2D eigenvalue weighted by molar-refractivity contribution is -0.137. The topological polar surface area (TPSA) is 21.3 Å². The summed E-state index contributed by atoms with van der Waals surface area (Å²) in [4.78, 5) is 0. The number of rotatable bonds is 6. The molecule has 0 saturated carbocycles. The number of ether oxygens (including phenoxy) is 1. The minimum Gasteiger partial charge on any atom is -0.486 e. The average Bonchev–Trinajstić information content (AvgIpc) is 2.36. The predicted molar refractivity (Wildman–Crippen MR) is 69.3 cm³/mol. The zero-order chi connectivity index (χ0) is 14.5. The Labute approximate surface area is 112 Å². The van der Waals surface area contributed by atoms with Crippen LogP contribution in [0, 0.1) is 0 Å². The minimum absolute atomic E-state index is 0.421. The highest BCUT2D eigenvalue weighted by molar-refractivity contribution is 5.29. The van der Waals surface area contributed by atoms with E-state index in [0.29, 0.717) is 12.3 Å². The van der Waals surface area contributed by atoms with Gasteiger partial charge < -0.3 is 10.1 Å². The van der Waals surface area contributed by atoms with Crippen molar-refractivity contribution < 1.29 is 17.9 Å². The fourth-order valence-corrected chi connectivity index (χ4v) is 1.62. The molecule has 0 saturated heterocycles. The van der Waals surface area contributed by atoms with Crippen molar-refractivity contribution in [1.29, 1.82) is 0 Å². The lowest BCUT2D eigenvalue weighted by atomic mass is 10.0. The monoisotopic (exact) mass is 275 g/mol. The molecule has 2 nitrogen and oxygen atoms in total. The largest absolute Gasteiger partial charge is 0.486 e. The van der Waals surface area contributed by atoms with E-state index in [1.807, 2.05) is 20.8 Å². The highest BCUT2D eigenvalue weighted by Crippen LogP contribution is 2.31. The molecule has 5 heteroatoms. The van der Waals surface area contributed by atoms with E-state index >= 15 is 0 Å². The molecule has 0 aliphatic carbocycles. The molecule has 0 bridgehead atoms. The summed E-state index contributed by atoms with van der Waals surface area (Å²) in [5, 5.41) is 3.19. The van der Waals surface area contributed by atoms with Gasteiger partial charge in [0, 0.05) is 6.54 Å². The minimum atomic E-state index is -4.31. The number of hydrogen-bond acceptors (Lipinski definition) is 2. The van der Waals surface area contributed by atoms with E-state index in [1.54, 1.807) is 0 Å². The van der Waals surface area contributed by atoms with Gasteiger partial charge in [-0.2, -0.15) is 13.2 Å². The molecule has 1 N–H and O–H groups in total. The summed E-state index contributed by atoms with van der Waals surface area (Å²) in [5.41, 5.74) is -1.08. The third-order valence-electron chi connectivity index (χ3n) is 3.04. The summed E-state index contributed by atoms with van der Waals surface area (Å²) in [6.45, 7) is 7.40. The number of benzene rings is 1. The van der Waals surface area contributed by atoms with E-state index in [0.717, 1.165) is 25.1 Å². The SMILES string of the molecule is CCNCC(C)(CC)Oc1ccc(C(F)(F)F)cc1. The van der Waals surface area contributed by atoms with E-state index < -0.39 is 17.3 Å². The van der Waals surface area contributed by atoms with Gasteiger partial charge in [0.05, 0.1) is 5.56 Å². The zero-order valence-corrected chi connectivity index (χ0v) is 11.5. The van der Waals surface area contributed by atoms with Gasteiger partial charge in [0.15, 0.2) is 0 Å². The molecule has 0 fully saturated rings. The lowest BCUT2D eigenvalue weighted by Crippen LogP contribution is -2.42. The number of alkyl halides is 3. The van der Waals surface area contributed by atoms with E-state index in [9.17, 15) is 13.2 Å². The molecular weight excluding hydrogens is 255 g/mol. The Bertz CT molecular complexity index is 389. The lowest BCUT2D eigenvalue weighted by Gasteiger charge is -2.30. The van der Waals surface area contributed by atoms with Gasteiger partial charge in [-0.1, -0.05) is 13.8 Å². The van der Waals surface area contributed by atoms with Crippen LogP contribution in [0.3, 0.4) is 0 Å². The van der Waals surface area contributed by atoms with Crippen LogP contribution in [0.2, 0.25) is 0 Å². The van der Waals surface area contributed by atoms with Gasteiger partial charge in [0.2, 0.25) is 0 Å². The number of likely N-dealkylation sites (N-methyl/N-ethyl adjacent to an activating group) is 1. The smallest absolute Gasteiger partial charge is 0.416 e. The van der Waals surface area contributed by atoms with Crippen molar-refractivity contribution in [3.8, 4) is 5.75 Å². The number of hydrogen-bond donors (Lipinski definition) is 1. The van der Waals surface area contributed by atoms with Crippen molar-refractivity contribution in [2.45, 2.75) is 39.0 Å². The van der Waals surface area contributed by atoms with Gasteiger partial charge >= 0.3 is 6.18 Å². The number of nitrogens with one attached hydrogen (secondary N) is 1. The van der Waals surface area contributed by atoms with Gasteiger partial charge in [-0.05, 0) is 44.2 Å². The molecule has 0 radical (unpaired) electrons.